The van der Waals surface area contributed by atoms with Crippen LogP contribution in [0.15, 0.2) is 127 Å². The number of carbonyl (C=O) groups excluding carboxylic acids is 2. The molecular weight excluding hydrogens is 580 g/mol. The second kappa shape index (κ2) is 10.8. The van der Waals surface area contributed by atoms with E-state index in [-0.39, 0.29) is 11.8 Å². The molecule has 1 atom stereocenters. The Labute approximate surface area is 248 Å². The molecular formula is C33H22Cl3NO2P+. The van der Waals surface area contributed by atoms with Gasteiger partial charge < -0.3 is 0 Å². The minimum Gasteiger partial charge on any atom is -0.268 e. The number of imide groups is 1. The average Bonchev–Trinajstić information content (AvgIpc) is 3.21. The molecule has 5 aromatic rings. The molecule has 0 N–H and O–H groups in total. The number of nitrogens with zero attached hydrogens (tertiary/aromatic N) is 1. The molecule has 2 amide bonds. The van der Waals surface area contributed by atoms with Crippen molar-refractivity contribution in [2.45, 2.75) is 5.78 Å². The number of hydrogen-bond acceptors (Lipinski definition) is 2. The average molecular weight is 602 g/mol. The Morgan fingerprint density at radius 3 is 1.30 bits per heavy atom. The van der Waals surface area contributed by atoms with Crippen LogP contribution in [-0.2, 0) is 0 Å². The van der Waals surface area contributed by atoms with Gasteiger partial charge in [0.1, 0.15) is 23.2 Å². The Balaban J connectivity index is 1.79. The van der Waals surface area contributed by atoms with E-state index in [0.29, 0.717) is 26.2 Å². The third kappa shape index (κ3) is 4.44. The number of benzene rings is 5. The smallest absolute Gasteiger partial charge is 0.265 e. The van der Waals surface area contributed by atoms with E-state index in [1.165, 1.54) is 4.90 Å². The minimum absolute atomic E-state index is 0.343. The van der Waals surface area contributed by atoms with Gasteiger partial charge >= 0.3 is 0 Å². The van der Waals surface area contributed by atoms with E-state index in [2.05, 4.69) is 0 Å². The SMILES string of the molecule is O=C1c2ccccc2C(=O)N1C(c1ccccc1)[P+](c1cccc(Cl)c1)(c1cccc(Cl)c1)c1cccc(Cl)c1. The molecule has 3 nitrogen and oxygen atoms in total. The van der Waals surface area contributed by atoms with Gasteiger partial charge in [-0.25, -0.2) is 4.90 Å². The second-order valence-corrected chi connectivity index (χ2v) is 14.3. The Kier molecular flexibility index (Phi) is 7.25. The Morgan fingerprint density at radius 1 is 0.500 bits per heavy atom. The number of fused-ring (bicyclic) bond motifs is 1. The fourth-order valence-electron chi connectivity index (χ4n) is 5.56. The summed E-state index contributed by atoms with van der Waals surface area (Å²) in [6.45, 7) is 0. The van der Waals surface area contributed by atoms with Gasteiger partial charge in [-0.2, -0.15) is 0 Å². The normalized spacial score (nSPS) is 13.8. The maximum absolute atomic E-state index is 14.2. The van der Waals surface area contributed by atoms with Crippen LogP contribution < -0.4 is 15.9 Å². The largest absolute Gasteiger partial charge is 0.268 e. The maximum atomic E-state index is 14.2. The topological polar surface area (TPSA) is 37.4 Å². The van der Waals surface area contributed by atoms with E-state index in [1.807, 2.05) is 103 Å². The molecule has 1 unspecified atom stereocenters. The molecule has 0 bridgehead atoms. The van der Waals surface area contributed by atoms with E-state index >= 15 is 0 Å². The van der Waals surface area contributed by atoms with Crippen LogP contribution in [-0.4, -0.2) is 16.7 Å². The van der Waals surface area contributed by atoms with Crippen LogP contribution in [0, 0.1) is 0 Å². The summed E-state index contributed by atoms with van der Waals surface area (Å²) in [7, 11) is -2.99. The first-order valence-electron chi connectivity index (χ1n) is 12.6. The van der Waals surface area contributed by atoms with Gasteiger partial charge in [0.05, 0.1) is 11.1 Å². The number of halogens is 3. The highest BCUT2D eigenvalue weighted by atomic mass is 35.5. The highest BCUT2D eigenvalue weighted by molar-refractivity contribution is 7.96. The number of amides is 2. The van der Waals surface area contributed by atoms with Gasteiger partial charge in [0.2, 0.25) is 0 Å². The predicted octanol–water partition coefficient (Wildman–Crippen LogP) is 7.94. The summed E-state index contributed by atoms with van der Waals surface area (Å²) in [6, 6.07) is 39.6. The molecule has 196 valence electrons. The molecule has 0 saturated heterocycles. The van der Waals surface area contributed by atoms with Gasteiger partial charge in [0.15, 0.2) is 5.78 Å². The molecule has 40 heavy (non-hydrogen) atoms. The van der Waals surface area contributed by atoms with Crippen molar-refractivity contribution in [2.75, 3.05) is 0 Å². The number of carbonyl (C=O) groups is 2. The molecule has 0 aromatic heterocycles. The summed E-state index contributed by atoms with van der Waals surface area (Å²) >= 11 is 19.9. The van der Waals surface area contributed by atoms with Gasteiger partial charge in [-0.05, 0) is 66.7 Å². The van der Waals surface area contributed by atoms with E-state index in [1.54, 1.807) is 24.3 Å². The van der Waals surface area contributed by atoms with E-state index in [9.17, 15) is 9.59 Å². The first-order valence-corrected chi connectivity index (χ1v) is 15.6. The van der Waals surface area contributed by atoms with Crippen molar-refractivity contribution in [1.29, 1.82) is 0 Å². The molecule has 1 aliphatic heterocycles. The van der Waals surface area contributed by atoms with Crippen molar-refractivity contribution >= 4 is 69.8 Å². The first kappa shape index (κ1) is 26.7. The summed E-state index contributed by atoms with van der Waals surface area (Å²) < 4.78 is 0. The molecule has 0 saturated carbocycles. The molecule has 5 aromatic carbocycles. The third-order valence-electron chi connectivity index (χ3n) is 7.18. The van der Waals surface area contributed by atoms with Crippen LogP contribution in [0.5, 0.6) is 0 Å². The van der Waals surface area contributed by atoms with Crippen molar-refractivity contribution in [3.05, 3.63) is 159 Å². The Bertz CT molecular complexity index is 1610. The lowest BCUT2D eigenvalue weighted by Crippen LogP contribution is -2.45. The van der Waals surface area contributed by atoms with Gasteiger partial charge in [0.25, 0.3) is 11.8 Å². The third-order valence-corrected chi connectivity index (χ3v) is 12.4. The van der Waals surface area contributed by atoms with Crippen LogP contribution in [0.1, 0.15) is 32.1 Å². The summed E-state index contributed by atoms with van der Waals surface area (Å²) in [4.78, 5) is 29.8. The van der Waals surface area contributed by atoms with Gasteiger partial charge in [0, 0.05) is 20.6 Å². The van der Waals surface area contributed by atoms with Crippen molar-refractivity contribution in [3.8, 4) is 0 Å². The van der Waals surface area contributed by atoms with Gasteiger partial charge in [-0.1, -0.05) is 95.5 Å². The lowest BCUT2D eigenvalue weighted by atomic mass is 10.1. The molecule has 0 aliphatic carbocycles. The summed E-state index contributed by atoms with van der Waals surface area (Å²) in [5, 5.41) is 4.28. The standard InChI is InChI=1S/C33H22Cl3NO2P/c34-23-11-6-14-26(19-23)40(27-15-7-12-24(35)20-27,28-16-8-13-25(36)21-28)33(22-9-2-1-3-10-22)37-31(38)29-17-4-5-18-30(29)32(37)39/h1-21,33H/q+1. The second-order valence-electron chi connectivity index (χ2n) is 9.47. The first-order chi connectivity index (χ1) is 19.4. The summed E-state index contributed by atoms with van der Waals surface area (Å²) in [5.74, 6) is -1.41. The van der Waals surface area contributed by atoms with Crippen molar-refractivity contribution < 1.29 is 9.59 Å². The number of rotatable bonds is 6. The van der Waals surface area contributed by atoms with E-state index in [0.717, 1.165) is 21.5 Å². The predicted molar refractivity (Wildman–Crippen MR) is 166 cm³/mol. The lowest BCUT2D eigenvalue weighted by Gasteiger charge is -2.38. The zero-order chi connectivity index (χ0) is 27.9. The van der Waals surface area contributed by atoms with E-state index in [4.69, 9.17) is 34.8 Å². The Hall–Kier alpha value is -3.46. The fourth-order valence-corrected chi connectivity index (χ4v) is 11.3. The van der Waals surface area contributed by atoms with Crippen molar-refractivity contribution in [1.82, 2.24) is 4.90 Å². The molecule has 6 rings (SSSR count). The number of hydrogen-bond donors (Lipinski definition) is 0. The minimum atomic E-state index is -2.99. The molecule has 0 radical (unpaired) electrons. The quantitative estimate of drug-likeness (QED) is 0.146. The van der Waals surface area contributed by atoms with Crippen LogP contribution in [0.4, 0.5) is 0 Å². The van der Waals surface area contributed by atoms with Crippen LogP contribution in [0.2, 0.25) is 15.1 Å². The summed E-state index contributed by atoms with van der Waals surface area (Å²) in [5.41, 5.74) is 1.58. The molecule has 1 aliphatic rings. The highest BCUT2D eigenvalue weighted by Gasteiger charge is 2.60. The van der Waals surface area contributed by atoms with Crippen molar-refractivity contribution in [3.63, 3.8) is 0 Å². The highest BCUT2D eigenvalue weighted by Crippen LogP contribution is 2.69. The zero-order valence-corrected chi connectivity index (χ0v) is 24.2. The molecule has 0 fully saturated rings. The Morgan fingerprint density at radius 2 is 0.900 bits per heavy atom. The zero-order valence-electron chi connectivity index (χ0n) is 21.0. The molecule has 1 heterocycles. The van der Waals surface area contributed by atoms with Crippen LogP contribution in [0.25, 0.3) is 0 Å². The fraction of sp³-hybridized carbons (Fsp3) is 0.0303. The summed E-state index contributed by atoms with van der Waals surface area (Å²) in [6.07, 6.45) is 0. The lowest BCUT2D eigenvalue weighted by molar-refractivity contribution is 0.0633. The monoisotopic (exact) mass is 600 g/mol. The van der Waals surface area contributed by atoms with Crippen molar-refractivity contribution in [2.24, 2.45) is 0 Å². The molecule has 0 spiro atoms. The van der Waals surface area contributed by atoms with Crippen LogP contribution in [0.3, 0.4) is 0 Å². The van der Waals surface area contributed by atoms with Gasteiger partial charge in [-0.15, -0.1) is 0 Å². The van der Waals surface area contributed by atoms with E-state index < -0.39 is 13.0 Å². The van der Waals surface area contributed by atoms with Gasteiger partial charge in [-0.3, -0.25) is 9.59 Å². The maximum Gasteiger partial charge on any atom is 0.265 e. The molecule has 7 heteroatoms. The van der Waals surface area contributed by atoms with Crippen LogP contribution >= 0.6 is 42.1 Å².